The average Bonchev–Trinajstić information content (AvgIpc) is 3.08. The minimum absolute atomic E-state index is 0.118. The number of rotatable bonds is 8. The molecule has 0 bridgehead atoms. The molecule has 0 N–H and O–H groups in total. The first-order valence-electron chi connectivity index (χ1n) is 9.95. The quantitative estimate of drug-likeness (QED) is 0.243. The van der Waals surface area contributed by atoms with E-state index in [4.69, 9.17) is 21.7 Å². The second kappa shape index (κ2) is 10.3. The number of anilines is 1. The molecule has 1 amide bonds. The van der Waals surface area contributed by atoms with E-state index >= 15 is 0 Å². The number of benzene rings is 3. The molecule has 31 heavy (non-hydrogen) atoms. The summed E-state index contributed by atoms with van der Waals surface area (Å²) in [5, 5.41) is 0. The van der Waals surface area contributed by atoms with Crippen LogP contribution in [0.4, 0.5) is 5.69 Å². The van der Waals surface area contributed by atoms with Gasteiger partial charge in [-0.25, -0.2) is 0 Å². The Morgan fingerprint density at radius 1 is 0.839 bits per heavy atom. The van der Waals surface area contributed by atoms with Gasteiger partial charge in [-0.05, 0) is 36.4 Å². The molecule has 4 rings (SSSR count). The highest BCUT2D eigenvalue weighted by molar-refractivity contribution is 8.27. The molecule has 0 unspecified atom stereocenters. The number of ether oxygens (including phenoxy) is 2. The van der Waals surface area contributed by atoms with E-state index in [1.54, 1.807) is 4.90 Å². The fourth-order valence-corrected chi connectivity index (χ4v) is 4.38. The van der Waals surface area contributed by atoms with Gasteiger partial charge >= 0.3 is 0 Å². The van der Waals surface area contributed by atoms with E-state index in [1.807, 2.05) is 91.0 Å². The normalized spacial score (nSPS) is 14.8. The lowest BCUT2D eigenvalue weighted by Crippen LogP contribution is -2.27. The van der Waals surface area contributed by atoms with Crippen LogP contribution in [0.3, 0.4) is 0 Å². The lowest BCUT2D eigenvalue weighted by molar-refractivity contribution is -0.113. The lowest BCUT2D eigenvalue weighted by atomic mass is 10.2. The summed E-state index contributed by atoms with van der Waals surface area (Å²) in [6, 6.07) is 26.9. The number of hydrogen-bond acceptors (Lipinski definition) is 5. The zero-order chi connectivity index (χ0) is 21.5. The standard InChI is InChI=1S/C25H21NO3S2/c27-24-23(31-25(30)26(24)20-11-3-1-4-12-20)18-19-10-7-8-15-22(19)29-17-9-16-28-21-13-5-2-6-14-21/h1-8,10-15,18H,9,16-17H2. The van der Waals surface area contributed by atoms with Gasteiger partial charge in [0.15, 0.2) is 4.32 Å². The first-order chi connectivity index (χ1) is 15.2. The minimum Gasteiger partial charge on any atom is -0.493 e. The van der Waals surface area contributed by atoms with Crippen molar-refractivity contribution in [3.8, 4) is 11.5 Å². The van der Waals surface area contributed by atoms with Crippen molar-refractivity contribution in [3.63, 3.8) is 0 Å². The van der Waals surface area contributed by atoms with E-state index in [-0.39, 0.29) is 5.91 Å². The van der Waals surface area contributed by atoms with Crippen molar-refractivity contribution in [2.75, 3.05) is 18.1 Å². The largest absolute Gasteiger partial charge is 0.493 e. The molecule has 0 aromatic heterocycles. The highest BCUT2D eigenvalue weighted by Gasteiger charge is 2.33. The van der Waals surface area contributed by atoms with Crippen LogP contribution in [0, 0.1) is 0 Å². The first kappa shape index (κ1) is 21.2. The summed E-state index contributed by atoms with van der Waals surface area (Å²) < 4.78 is 12.2. The molecule has 156 valence electrons. The van der Waals surface area contributed by atoms with Gasteiger partial charge < -0.3 is 9.47 Å². The number of thiocarbonyl (C=S) groups is 1. The number of carbonyl (C=O) groups excluding carboxylic acids is 1. The summed E-state index contributed by atoms with van der Waals surface area (Å²) in [6.07, 6.45) is 2.59. The summed E-state index contributed by atoms with van der Waals surface area (Å²) in [6.45, 7) is 1.09. The van der Waals surface area contributed by atoms with Gasteiger partial charge in [-0.3, -0.25) is 9.69 Å². The molecule has 6 heteroatoms. The third-order valence-corrected chi connectivity index (χ3v) is 5.87. The van der Waals surface area contributed by atoms with E-state index in [1.165, 1.54) is 11.8 Å². The molecular formula is C25H21NO3S2. The van der Waals surface area contributed by atoms with Crippen LogP contribution in [0.25, 0.3) is 6.08 Å². The molecule has 1 fully saturated rings. The first-order valence-corrected chi connectivity index (χ1v) is 11.2. The van der Waals surface area contributed by atoms with Crippen LogP contribution in [0.15, 0.2) is 89.8 Å². The van der Waals surface area contributed by atoms with Gasteiger partial charge in [0, 0.05) is 12.0 Å². The van der Waals surface area contributed by atoms with Crippen LogP contribution in [0.5, 0.6) is 11.5 Å². The maximum Gasteiger partial charge on any atom is 0.270 e. The molecule has 0 atom stereocenters. The van der Waals surface area contributed by atoms with Crippen molar-refractivity contribution in [1.29, 1.82) is 0 Å². The van der Waals surface area contributed by atoms with Crippen LogP contribution in [-0.2, 0) is 4.79 Å². The van der Waals surface area contributed by atoms with E-state index < -0.39 is 0 Å². The summed E-state index contributed by atoms with van der Waals surface area (Å²) in [7, 11) is 0. The predicted molar refractivity (Wildman–Crippen MR) is 131 cm³/mol. The van der Waals surface area contributed by atoms with Gasteiger partial charge in [0.1, 0.15) is 11.5 Å². The number of amides is 1. The van der Waals surface area contributed by atoms with Crippen molar-refractivity contribution in [1.82, 2.24) is 0 Å². The topological polar surface area (TPSA) is 38.8 Å². The highest BCUT2D eigenvalue weighted by atomic mass is 32.2. The average molecular weight is 448 g/mol. The Hall–Kier alpha value is -3.09. The molecule has 0 radical (unpaired) electrons. The van der Waals surface area contributed by atoms with Crippen molar-refractivity contribution in [2.45, 2.75) is 6.42 Å². The van der Waals surface area contributed by atoms with Crippen LogP contribution >= 0.6 is 24.0 Å². The summed E-state index contributed by atoms with van der Waals surface area (Å²) in [5.41, 5.74) is 1.62. The third-order valence-electron chi connectivity index (χ3n) is 4.57. The fourth-order valence-electron chi connectivity index (χ4n) is 3.09. The van der Waals surface area contributed by atoms with Crippen LogP contribution in [0.2, 0.25) is 0 Å². The molecule has 0 saturated carbocycles. The SMILES string of the molecule is O=C1C(=Cc2ccccc2OCCCOc2ccccc2)SC(=S)N1c1ccccc1. The Kier molecular flexibility index (Phi) is 7.02. The second-order valence-electron chi connectivity index (χ2n) is 6.75. The third kappa shape index (κ3) is 5.34. The van der Waals surface area contributed by atoms with E-state index in [0.29, 0.717) is 22.4 Å². The van der Waals surface area contributed by atoms with Gasteiger partial charge in [0.05, 0.1) is 23.8 Å². The van der Waals surface area contributed by atoms with Crippen molar-refractivity contribution in [2.24, 2.45) is 0 Å². The molecule has 3 aromatic carbocycles. The summed E-state index contributed by atoms with van der Waals surface area (Å²) in [4.78, 5) is 15.1. The Labute approximate surface area is 191 Å². The summed E-state index contributed by atoms with van der Waals surface area (Å²) in [5.74, 6) is 1.46. The fraction of sp³-hybridized carbons (Fsp3) is 0.120. The molecule has 3 aromatic rings. The molecule has 1 saturated heterocycles. The van der Waals surface area contributed by atoms with Crippen molar-refractivity contribution >= 4 is 46.0 Å². The maximum absolute atomic E-state index is 13.0. The molecule has 4 nitrogen and oxygen atoms in total. The van der Waals surface area contributed by atoms with Crippen LogP contribution in [-0.4, -0.2) is 23.4 Å². The molecule has 1 aliphatic heterocycles. The van der Waals surface area contributed by atoms with Gasteiger partial charge in [0.25, 0.3) is 5.91 Å². The maximum atomic E-state index is 13.0. The lowest BCUT2D eigenvalue weighted by Gasteiger charge is -2.14. The van der Waals surface area contributed by atoms with Gasteiger partial charge in [0.2, 0.25) is 0 Å². The molecule has 0 spiro atoms. The predicted octanol–water partition coefficient (Wildman–Crippen LogP) is 5.94. The van der Waals surface area contributed by atoms with Gasteiger partial charge in [-0.15, -0.1) is 0 Å². The van der Waals surface area contributed by atoms with Crippen molar-refractivity contribution < 1.29 is 14.3 Å². The molecular weight excluding hydrogens is 426 g/mol. The number of para-hydroxylation sites is 3. The Bertz CT molecular complexity index is 1080. The van der Waals surface area contributed by atoms with E-state index in [9.17, 15) is 4.79 Å². The Morgan fingerprint density at radius 2 is 1.48 bits per heavy atom. The van der Waals surface area contributed by atoms with E-state index in [0.717, 1.165) is 29.2 Å². The van der Waals surface area contributed by atoms with Gasteiger partial charge in [-0.2, -0.15) is 0 Å². The summed E-state index contributed by atoms with van der Waals surface area (Å²) >= 11 is 6.75. The number of hydrogen-bond donors (Lipinski definition) is 0. The minimum atomic E-state index is -0.118. The van der Waals surface area contributed by atoms with Crippen molar-refractivity contribution in [3.05, 3.63) is 95.4 Å². The molecule has 1 heterocycles. The monoisotopic (exact) mass is 447 g/mol. The van der Waals surface area contributed by atoms with Gasteiger partial charge in [-0.1, -0.05) is 78.6 Å². The zero-order valence-corrected chi connectivity index (χ0v) is 18.4. The highest BCUT2D eigenvalue weighted by Crippen LogP contribution is 2.37. The van der Waals surface area contributed by atoms with Crippen LogP contribution in [0.1, 0.15) is 12.0 Å². The van der Waals surface area contributed by atoms with Crippen LogP contribution < -0.4 is 14.4 Å². The Balaban J connectivity index is 1.39. The Morgan fingerprint density at radius 3 is 2.26 bits per heavy atom. The second-order valence-corrected chi connectivity index (χ2v) is 8.43. The number of carbonyl (C=O) groups is 1. The number of thioether (sulfide) groups is 1. The number of nitrogens with zero attached hydrogens (tertiary/aromatic N) is 1. The smallest absolute Gasteiger partial charge is 0.270 e. The van der Waals surface area contributed by atoms with E-state index in [2.05, 4.69) is 0 Å². The molecule has 0 aliphatic carbocycles. The molecule has 1 aliphatic rings. The zero-order valence-electron chi connectivity index (χ0n) is 16.8.